The maximum atomic E-state index is 4.92. The zero-order valence-electron chi connectivity index (χ0n) is 9.87. The van der Waals surface area contributed by atoms with E-state index in [-0.39, 0.29) is 5.60 Å². The van der Waals surface area contributed by atoms with Crippen LogP contribution < -0.4 is 0 Å². The molecule has 0 saturated carbocycles. The summed E-state index contributed by atoms with van der Waals surface area (Å²) in [5.74, 6) is 0. The summed E-state index contributed by atoms with van der Waals surface area (Å²) in [7, 11) is 0. The number of ether oxygens (including phenoxy) is 3. The lowest BCUT2D eigenvalue weighted by Crippen LogP contribution is -1.90. The predicted octanol–water partition coefficient (Wildman–Crippen LogP) is 1.99. The molecule has 0 bridgehead atoms. The first-order valence-electron chi connectivity index (χ1n) is 5.32. The highest BCUT2D eigenvalue weighted by molar-refractivity contribution is 4.79. The number of hydrogen-bond acceptors (Lipinski definition) is 3. The molecule has 3 atom stereocenters. The highest BCUT2D eigenvalue weighted by Gasteiger charge is 2.32. The summed E-state index contributed by atoms with van der Waals surface area (Å²) in [6.07, 6.45) is 1.69. The van der Waals surface area contributed by atoms with Crippen LogP contribution in [-0.2, 0) is 14.2 Å². The van der Waals surface area contributed by atoms with Crippen LogP contribution in [0.25, 0.3) is 0 Å². The van der Waals surface area contributed by atoms with Crippen LogP contribution in [0.2, 0.25) is 0 Å². The van der Waals surface area contributed by atoms with Gasteiger partial charge in [0.1, 0.15) is 0 Å². The van der Waals surface area contributed by atoms with Gasteiger partial charge < -0.3 is 14.2 Å². The fraction of sp³-hybridized carbons (Fsp3) is 1.00. The van der Waals surface area contributed by atoms with E-state index in [1.54, 1.807) is 0 Å². The van der Waals surface area contributed by atoms with Crippen LogP contribution >= 0.6 is 0 Å². The van der Waals surface area contributed by atoms with E-state index in [2.05, 4.69) is 34.6 Å². The Morgan fingerprint density at radius 1 is 1.07 bits per heavy atom. The van der Waals surface area contributed by atoms with Gasteiger partial charge in [-0.15, -0.1) is 0 Å². The van der Waals surface area contributed by atoms with Gasteiger partial charge in [-0.2, -0.15) is 0 Å². The van der Waals surface area contributed by atoms with Gasteiger partial charge in [-0.1, -0.05) is 0 Å². The van der Waals surface area contributed by atoms with E-state index in [1.807, 2.05) is 0 Å². The second-order valence-electron chi connectivity index (χ2n) is 4.74. The van der Waals surface area contributed by atoms with Gasteiger partial charge in [-0.3, -0.25) is 0 Å². The minimum Gasteiger partial charge on any atom is -0.373 e. The van der Waals surface area contributed by atoms with Crippen LogP contribution in [0.4, 0.5) is 0 Å². The Morgan fingerprint density at radius 2 is 1.29 bits per heavy atom. The van der Waals surface area contributed by atoms with Crippen LogP contribution in [0.5, 0.6) is 0 Å². The largest absolute Gasteiger partial charge is 0.373 e. The van der Waals surface area contributed by atoms with Gasteiger partial charge in [0.2, 0.25) is 0 Å². The quantitative estimate of drug-likeness (QED) is 0.564. The second-order valence-corrected chi connectivity index (χ2v) is 4.74. The molecule has 3 unspecified atom stereocenters. The molecule has 0 amide bonds. The van der Waals surface area contributed by atoms with Gasteiger partial charge in [0.15, 0.2) is 0 Å². The lowest BCUT2D eigenvalue weighted by Gasteiger charge is -1.81. The van der Waals surface area contributed by atoms with Gasteiger partial charge in [0, 0.05) is 0 Å². The Balaban J connectivity index is 0.000000106. The predicted molar refractivity (Wildman–Crippen MR) is 55.5 cm³/mol. The Morgan fingerprint density at radius 3 is 1.29 bits per heavy atom. The molecule has 3 saturated heterocycles. The van der Waals surface area contributed by atoms with Crippen molar-refractivity contribution in [3.8, 4) is 0 Å². The first-order valence-corrected chi connectivity index (χ1v) is 5.32. The third-order valence-corrected chi connectivity index (χ3v) is 2.24. The summed E-state index contributed by atoms with van der Waals surface area (Å²) in [6, 6.07) is 0. The molecule has 0 N–H and O–H groups in total. The molecule has 3 fully saturated rings. The summed E-state index contributed by atoms with van der Waals surface area (Å²) in [6.45, 7) is 12.3. The minimum absolute atomic E-state index is 0.250. The maximum absolute atomic E-state index is 4.92. The Hall–Kier alpha value is -0.120. The van der Waals surface area contributed by atoms with Crippen LogP contribution in [0, 0.1) is 0 Å². The molecule has 0 aliphatic carbocycles. The van der Waals surface area contributed by atoms with Crippen LogP contribution in [0.1, 0.15) is 34.6 Å². The van der Waals surface area contributed by atoms with Crippen molar-refractivity contribution in [3.05, 3.63) is 0 Å². The molecule has 3 heterocycles. The monoisotopic (exact) mass is 202 g/mol. The van der Waals surface area contributed by atoms with Gasteiger partial charge in [-0.05, 0) is 34.6 Å². The third-order valence-electron chi connectivity index (χ3n) is 2.24. The summed E-state index contributed by atoms with van der Waals surface area (Å²) in [5.41, 5.74) is 0.250. The van der Waals surface area contributed by atoms with Crippen molar-refractivity contribution in [1.82, 2.24) is 0 Å². The topological polar surface area (TPSA) is 37.6 Å². The van der Waals surface area contributed by atoms with E-state index in [4.69, 9.17) is 14.2 Å². The Kier molecular flexibility index (Phi) is 3.93. The molecule has 14 heavy (non-hydrogen) atoms. The average Bonchev–Trinajstić information content (AvgIpc) is 2.95. The molecule has 0 spiro atoms. The fourth-order valence-corrected chi connectivity index (χ4v) is 0.534. The first-order chi connectivity index (χ1) is 6.41. The van der Waals surface area contributed by atoms with Gasteiger partial charge in [0.25, 0.3) is 0 Å². The lowest BCUT2D eigenvalue weighted by atomic mass is 10.3. The molecule has 0 aromatic heterocycles. The molecular weight excluding hydrogens is 180 g/mol. The normalized spacial score (nSPS) is 39.6. The molecular formula is C11H22O3. The molecule has 3 heteroatoms. The van der Waals surface area contributed by atoms with Crippen molar-refractivity contribution in [2.45, 2.75) is 58.5 Å². The number of epoxide rings is 3. The van der Waals surface area contributed by atoms with E-state index in [0.29, 0.717) is 18.3 Å². The summed E-state index contributed by atoms with van der Waals surface area (Å²) >= 11 is 0. The molecule has 3 aliphatic heterocycles. The molecule has 3 rings (SSSR count). The Bertz CT molecular complexity index is 163. The van der Waals surface area contributed by atoms with Crippen molar-refractivity contribution in [3.63, 3.8) is 0 Å². The highest BCUT2D eigenvalue weighted by Crippen LogP contribution is 2.23. The summed E-state index contributed by atoms with van der Waals surface area (Å²) < 4.78 is 14.5. The number of rotatable bonds is 0. The van der Waals surface area contributed by atoms with Crippen molar-refractivity contribution in [1.29, 1.82) is 0 Å². The van der Waals surface area contributed by atoms with Gasteiger partial charge in [-0.25, -0.2) is 0 Å². The first kappa shape index (κ1) is 12.0. The van der Waals surface area contributed by atoms with E-state index < -0.39 is 0 Å². The Labute approximate surface area is 86.7 Å². The van der Waals surface area contributed by atoms with Crippen molar-refractivity contribution >= 4 is 0 Å². The fourth-order valence-electron chi connectivity index (χ4n) is 0.534. The molecule has 84 valence electrons. The highest BCUT2D eigenvalue weighted by atomic mass is 16.6. The van der Waals surface area contributed by atoms with E-state index in [1.165, 1.54) is 0 Å². The number of hydrogen-bond donors (Lipinski definition) is 0. The SMILES string of the molecule is CC1(C)CO1.CC1CO1.CC1OC1C. The minimum atomic E-state index is 0.250. The van der Waals surface area contributed by atoms with Crippen molar-refractivity contribution in [2.24, 2.45) is 0 Å². The summed E-state index contributed by atoms with van der Waals surface area (Å²) in [5, 5.41) is 0. The standard InChI is InChI=1S/2C4H8O.C3H6O/c1-4(2)3-5-4;1-3-4(2)5-3;1-3-2-4-3/h3H2,1-2H3;3-4H,1-2H3;3H,2H2,1H3. The summed E-state index contributed by atoms with van der Waals surface area (Å²) in [4.78, 5) is 0. The van der Waals surface area contributed by atoms with Crippen LogP contribution in [0.3, 0.4) is 0 Å². The van der Waals surface area contributed by atoms with Crippen molar-refractivity contribution < 1.29 is 14.2 Å². The lowest BCUT2D eigenvalue weighted by molar-refractivity contribution is 0.344. The zero-order valence-corrected chi connectivity index (χ0v) is 9.87. The van der Waals surface area contributed by atoms with Crippen molar-refractivity contribution in [2.75, 3.05) is 13.2 Å². The third kappa shape index (κ3) is 7.30. The van der Waals surface area contributed by atoms with Crippen LogP contribution in [-0.4, -0.2) is 37.1 Å². The van der Waals surface area contributed by atoms with Gasteiger partial charge in [0.05, 0.1) is 37.1 Å². The van der Waals surface area contributed by atoms with Crippen LogP contribution in [0.15, 0.2) is 0 Å². The van der Waals surface area contributed by atoms with Gasteiger partial charge >= 0.3 is 0 Å². The zero-order chi connectivity index (χ0) is 10.8. The van der Waals surface area contributed by atoms with E-state index >= 15 is 0 Å². The smallest absolute Gasteiger partial charge is 0.0860 e. The average molecular weight is 202 g/mol. The van der Waals surface area contributed by atoms with E-state index in [9.17, 15) is 0 Å². The second kappa shape index (κ2) is 4.60. The van der Waals surface area contributed by atoms with E-state index in [0.717, 1.165) is 13.2 Å². The maximum Gasteiger partial charge on any atom is 0.0860 e. The molecule has 0 aromatic rings. The molecule has 0 aromatic carbocycles. The molecule has 3 aliphatic rings. The molecule has 3 nitrogen and oxygen atoms in total. The molecule has 0 radical (unpaired) electrons.